The average Bonchev–Trinajstić information content (AvgIpc) is 2.54. The number of carbonyl (C=O) groups is 2. The van der Waals surface area contributed by atoms with Gasteiger partial charge in [0, 0.05) is 17.4 Å². The van der Waals surface area contributed by atoms with E-state index in [0.29, 0.717) is 16.9 Å². The minimum Gasteiger partial charge on any atom is -0.321 e. The molecule has 2 rings (SSSR count). The van der Waals surface area contributed by atoms with Gasteiger partial charge in [-0.2, -0.15) is 5.26 Å². The smallest absolute Gasteiger partial charge is 0.266 e. The summed E-state index contributed by atoms with van der Waals surface area (Å²) < 4.78 is 0. The Kier molecular flexibility index (Phi) is 4.78. The third-order valence-corrected chi connectivity index (χ3v) is 2.89. The maximum atomic E-state index is 12.1. The molecular formula is C17H13N3O2. The number of amides is 1. The summed E-state index contributed by atoms with van der Waals surface area (Å²) >= 11 is 0. The lowest BCUT2D eigenvalue weighted by Crippen LogP contribution is -2.13. The Labute approximate surface area is 127 Å². The molecule has 22 heavy (non-hydrogen) atoms. The highest BCUT2D eigenvalue weighted by atomic mass is 16.1. The SMILES string of the molecule is CC(=O)c1ccc(NC(=O)/C(C#N)=C/c2ccccn2)cc1. The zero-order valence-electron chi connectivity index (χ0n) is 11.9. The molecule has 5 nitrogen and oxygen atoms in total. The van der Waals surface area contributed by atoms with Crippen molar-refractivity contribution in [2.45, 2.75) is 6.92 Å². The second-order valence-electron chi connectivity index (χ2n) is 4.51. The number of Topliss-reactive ketones (excluding diaryl/α,β-unsaturated/α-hetero) is 1. The van der Waals surface area contributed by atoms with Gasteiger partial charge in [-0.3, -0.25) is 14.6 Å². The molecule has 0 saturated heterocycles. The molecule has 5 heteroatoms. The quantitative estimate of drug-likeness (QED) is 0.533. The molecule has 108 valence electrons. The maximum absolute atomic E-state index is 12.1. The van der Waals surface area contributed by atoms with Gasteiger partial charge < -0.3 is 5.32 Å². The van der Waals surface area contributed by atoms with Gasteiger partial charge in [-0.1, -0.05) is 6.07 Å². The molecule has 1 N–H and O–H groups in total. The van der Waals surface area contributed by atoms with Crippen molar-refractivity contribution in [3.8, 4) is 6.07 Å². The molecule has 1 amide bonds. The Morgan fingerprint density at radius 3 is 2.45 bits per heavy atom. The molecule has 1 heterocycles. The molecular weight excluding hydrogens is 278 g/mol. The summed E-state index contributed by atoms with van der Waals surface area (Å²) in [6, 6.07) is 13.5. The van der Waals surface area contributed by atoms with Gasteiger partial charge in [0.15, 0.2) is 5.78 Å². The summed E-state index contributed by atoms with van der Waals surface area (Å²) in [5.41, 5.74) is 1.55. The predicted octanol–water partition coefficient (Wildman–Crippen LogP) is 2.83. The van der Waals surface area contributed by atoms with Crippen LogP contribution < -0.4 is 5.32 Å². The molecule has 0 saturated carbocycles. The number of nitriles is 1. The monoisotopic (exact) mass is 291 g/mol. The van der Waals surface area contributed by atoms with Crippen LogP contribution in [-0.2, 0) is 4.79 Å². The molecule has 0 spiro atoms. The van der Waals surface area contributed by atoms with Crippen molar-refractivity contribution in [3.63, 3.8) is 0 Å². The summed E-state index contributed by atoms with van der Waals surface area (Å²) in [4.78, 5) is 27.3. The van der Waals surface area contributed by atoms with Crippen LogP contribution in [0.5, 0.6) is 0 Å². The Hall–Kier alpha value is -3.26. The van der Waals surface area contributed by atoms with E-state index in [1.807, 2.05) is 6.07 Å². The number of hydrogen-bond acceptors (Lipinski definition) is 4. The van der Waals surface area contributed by atoms with E-state index in [9.17, 15) is 9.59 Å². The molecule has 1 aromatic heterocycles. The van der Waals surface area contributed by atoms with Crippen LogP contribution >= 0.6 is 0 Å². The summed E-state index contributed by atoms with van der Waals surface area (Å²) in [7, 11) is 0. The predicted molar refractivity (Wildman–Crippen MR) is 82.9 cm³/mol. The van der Waals surface area contributed by atoms with Gasteiger partial charge in [0.25, 0.3) is 5.91 Å². The van der Waals surface area contributed by atoms with E-state index >= 15 is 0 Å². The van der Waals surface area contributed by atoms with Crippen LogP contribution in [0.2, 0.25) is 0 Å². The summed E-state index contributed by atoms with van der Waals surface area (Å²) in [6.45, 7) is 1.47. The van der Waals surface area contributed by atoms with Crippen LogP contribution in [0.25, 0.3) is 6.08 Å². The molecule has 0 radical (unpaired) electrons. The second kappa shape index (κ2) is 6.95. The highest BCUT2D eigenvalue weighted by Gasteiger charge is 2.10. The highest BCUT2D eigenvalue weighted by molar-refractivity contribution is 6.09. The minimum absolute atomic E-state index is 0.0469. The van der Waals surface area contributed by atoms with Crippen molar-refractivity contribution in [1.29, 1.82) is 5.26 Å². The Balaban J connectivity index is 2.15. The first-order valence-corrected chi connectivity index (χ1v) is 6.55. The third-order valence-electron chi connectivity index (χ3n) is 2.89. The fourth-order valence-corrected chi connectivity index (χ4v) is 1.74. The van der Waals surface area contributed by atoms with E-state index in [-0.39, 0.29) is 11.4 Å². The number of carbonyl (C=O) groups excluding carboxylic acids is 2. The van der Waals surface area contributed by atoms with E-state index in [1.54, 1.807) is 48.7 Å². The number of pyridine rings is 1. The van der Waals surface area contributed by atoms with E-state index in [1.165, 1.54) is 13.0 Å². The second-order valence-corrected chi connectivity index (χ2v) is 4.51. The number of hydrogen-bond donors (Lipinski definition) is 1. The highest BCUT2D eigenvalue weighted by Crippen LogP contribution is 2.12. The van der Waals surface area contributed by atoms with Crippen LogP contribution in [0.15, 0.2) is 54.2 Å². The van der Waals surface area contributed by atoms with Crippen LogP contribution in [0, 0.1) is 11.3 Å². The molecule has 0 aliphatic carbocycles. The average molecular weight is 291 g/mol. The zero-order valence-corrected chi connectivity index (χ0v) is 11.9. The largest absolute Gasteiger partial charge is 0.321 e. The van der Waals surface area contributed by atoms with Gasteiger partial charge in [-0.15, -0.1) is 0 Å². The molecule has 0 unspecified atom stereocenters. The Morgan fingerprint density at radius 2 is 1.91 bits per heavy atom. The van der Waals surface area contributed by atoms with Crippen LogP contribution in [0.1, 0.15) is 23.0 Å². The summed E-state index contributed by atoms with van der Waals surface area (Å²) in [5.74, 6) is -0.575. The van der Waals surface area contributed by atoms with Gasteiger partial charge in [0.1, 0.15) is 11.6 Å². The van der Waals surface area contributed by atoms with Crippen molar-refractivity contribution < 1.29 is 9.59 Å². The van der Waals surface area contributed by atoms with Crippen molar-refractivity contribution in [1.82, 2.24) is 4.98 Å². The molecule has 0 atom stereocenters. The number of nitrogens with zero attached hydrogens (tertiary/aromatic N) is 2. The molecule has 0 bridgehead atoms. The summed E-state index contributed by atoms with van der Waals surface area (Å²) in [6.07, 6.45) is 3.00. The minimum atomic E-state index is -0.524. The standard InChI is InChI=1S/C17H13N3O2/c1-12(21)13-5-7-15(8-6-13)20-17(22)14(11-18)10-16-4-2-3-9-19-16/h2-10H,1H3,(H,20,22)/b14-10+. The Morgan fingerprint density at radius 1 is 1.18 bits per heavy atom. The third kappa shape index (κ3) is 3.87. The fourth-order valence-electron chi connectivity index (χ4n) is 1.74. The lowest BCUT2D eigenvalue weighted by molar-refractivity contribution is -0.112. The van der Waals surface area contributed by atoms with Gasteiger partial charge in [-0.25, -0.2) is 0 Å². The van der Waals surface area contributed by atoms with Crippen LogP contribution in [0.3, 0.4) is 0 Å². The topological polar surface area (TPSA) is 82.9 Å². The number of ketones is 1. The van der Waals surface area contributed by atoms with E-state index in [4.69, 9.17) is 5.26 Å². The van der Waals surface area contributed by atoms with Crippen LogP contribution in [0.4, 0.5) is 5.69 Å². The number of anilines is 1. The summed E-state index contributed by atoms with van der Waals surface area (Å²) in [5, 5.41) is 11.7. The van der Waals surface area contributed by atoms with Crippen LogP contribution in [-0.4, -0.2) is 16.7 Å². The van der Waals surface area contributed by atoms with E-state index in [2.05, 4.69) is 10.3 Å². The molecule has 0 aliphatic heterocycles. The fraction of sp³-hybridized carbons (Fsp3) is 0.0588. The van der Waals surface area contributed by atoms with E-state index in [0.717, 1.165) is 0 Å². The molecule has 0 fully saturated rings. The molecule has 0 aliphatic rings. The first-order valence-electron chi connectivity index (χ1n) is 6.55. The number of benzene rings is 1. The molecule has 2 aromatic rings. The number of rotatable bonds is 4. The Bertz CT molecular complexity index is 757. The number of nitrogens with one attached hydrogen (secondary N) is 1. The normalized spacial score (nSPS) is 10.6. The van der Waals surface area contributed by atoms with Gasteiger partial charge in [0.05, 0.1) is 5.69 Å². The zero-order chi connectivity index (χ0) is 15.9. The van der Waals surface area contributed by atoms with Crippen molar-refractivity contribution in [2.75, 3.05) is 5.32 Å². The van der Waals surface area contributed by atoms with Gasteiger partial charge in [0.2, 0.25) is 0 Å². The maximum Gasteiger partial charge on any atom is 0.266 e. The van der Waals surface area contributed by atoms with Gasteiger partial charge >= 0.3 is 0 Å². The van der Waals surface area contributed by atoms with Crippen molar-refractivity contribution >= 4 is 23.5 Å². The first kappa shape index (κ1) is 15.1. The lowest BCUT2D eigenvalue weighted by Gasteiger charge is -2.05. The molecule has 1 aromatic carbocycles. The lowest BCUT2D eigenvalue weighted by atomic mass is 10.1. The van der Waals surface area contributed by atoms with E-state index < -0.39 is 5.91 Å². The number of aromatic nitrogens is 1. The van der Waals surface area contributed by atoms with Crippen molar-refractivity contribution in [2.24, 2.45) is 0 Å². The van der Waals surface area contributed by atoms with Crippen molar-refractivity contribution in [3.05, 3.63) is 65.5 Å². The van der Waals surface area contributed by atoms with Gasteiger partial charge in [-0.05, 0) is 49.4 Å². The first-order chi connectivity index (χ1) is 10.6.